The first-order chi connectivity index (χ1) is 13.2. The third-order valence-electron chi connectivity index (χ3n) is 5.72. The summed E-state index contributed by atoms with van der Waals surface area (Å²) >= 11 is 0. The zero-order valence-electron chi connectivity index (χ0n) is 16.0. The van der Waals surface area contributed by atoms with Crippen molar-refractivity contribution in [2.45, 2.75) is 38.4 Å². The molecule has 0 aromatic carbocycles. The van der Waals surface area contributed by atoms with E-state index < -0.39 is 11.7 Å². The Bertz CT molecular complexity index is 925. The number of aromatic nitrogens is 3. The molecular formula is C19H24F3N5O. The Hall–Kier alpha value is -2.13. The molecule has 152 valence electrons. The van der Waals surface area contributed by atoms with Gasteiger partial charge in [0.25, 0.3) is 5.56 Å². The standard InChI is InChI=1S/C19H24F3N5O/c1-12-10-13(19(20,21)22)11-16(23-12)27-18(28)17-14(24-27)4-3-5-15(17)26-8-6-25(2)7-9-26/h10-11,15,24H,3-9H2,1-2H3. The molecule has 1 fully saturated rings. The molecule has 2 aliphatic rings. The monoisotopic (exact) mass is 395 g/mol. The van der Waals surface area contributed by atoms with Crippen LogP contribution in [0.15, 0.2) is 16.9 Å². The molecule has 2 aromatic rings. The van der Waals surface area contributed by atoms with Crippen molar-refractivity contribution < 1.29 is 13.2 Å². The van der Waals surface area contributed by atoms with Gasteiger partial charge in [0.15, 0.2) is 5.82 Å². The van der Waals surface area contributed by atoms with Gasteiger partial charge in [0.1, 0.15) is 0 Å². The second kappa shape index (κ2) is 7.04. The number of hydrogen-bond donors (Lipinski definition) is 1. The third-order valence-corrected chi connectivity index (χ3v) is 5.72. The molecular weight excluding hydrogens is 371 g/mol. The lowest BCUT2D eigenvalue weighted by Gasteiger charge is -2.39. The molecule has 0 radical (unpaired) electrons. The molecule has 0 saturated carbocycles. The van der Waals surface area contributed by atoms with E-state index in [1.54, 1.807) is 0 Å². The number of aryl methyl sites for hydroxylation is 2. The highest BCUT2D eigenvalue weighted by Crippen LogP contribution is 2.33. The Labute approximate surface area is 160 Å². The fourth-order valence-electron chi connectivity index (χ4n) is 4.24. The molecule has 0 bridgehead atoms. The van der Waals surface area contributed by atoms with E-state index in [9.17, 15) is 18.0 Å². The zero-order valence-corrected chi connectivity index (χ0v) is 16.0. The molecule has 1 N–H and O–H groups in total. The quantitative estimate of drug-likeness (QED) is 0.849. The number of pyridine rings is 1. The lowest BCUT2D eigenvalue weighted by atomic mass is 9.91. The van der Waals surface area contributed by atoms with E-state index in [0.717, 1.165) is 63.3 Å². The van der Waals surface area contributed by atoms with E-state index >= 15 is 0 Å². The predicted molar refractivity (Wildman–Crippen MR) is 98.7 cm³/mol. The van der Waals surface area contributed by atoms with E-state index in [1.165, 1.54) is 11.6 Å². The molecule has 3 heterocycles. The first-order valence-corrected chi connectivity index (χ1v) is 9.56. The van der Waals surface area contributed by atoms with E-state index in [1.807, 2.05) is 0 Å². The lowest BCUT2D eigenvalue weighted by Crippen LogP contribution is -2.47. The molecule has 9 heteroatoms. The molecule has 6 nitrogen and oxygen atoms in total. The molecule has 1 aliphatic heterocycles. The topological polar surface area (TPSA) is 57.2 Å². The number of rotatable bonds is 2. The van der Waals surface area contributed by atoms with Crippen LogP contribution in [-0.2, 0) is 12.6 Å². The highest BCUT2D eigenvalue weighted by atomic mass is 19.4. The Balaban J connectivity index is 1.74. The molecule has 0 amide bonds. The molecule has 4 rings (SSSR count). The van der Waals surface area contributed by atoms with Crippen molar-refractivity contribution >= 4 is 0 Å². The SMILES string of the molecule is Cc1cc(C(F)(F)F)cc(-n2[nH]c3c(c2=O)C(N2CCN(C)CC2)CCC3)n1. The van der Waals surface area contributed by atoms with Crippen LogP contribution in [0.5, 0.6) is 0 Å². The van der Waals surface area contributed by atoms with Gasteiger partial charge in [-0.05, 0) is 45.4 Å². The van der Waals surface area contributed by atoms with Crippen LogP contribution in [0.4, 0.5) is 13.2 Å². The van der Waals surface area contributed by atoms with Crippen molar-refractivity contribution in [3.8, 4) is 5.82 Å². The summed E-state index contributed by atoms with van der Waals surface area (Å²) in [5.74, 6) is -0.0103. The van der Waals surface area contributed by atoms with Gasteiger partial charge in [-0.3, -0.25) is 14.8 Å². The van der Waals surface area contributed by atoms with Gasteiger partial charge in [-0.2, -0.15) is 13.2 Å². The number of alkyl halides is 3. The smallest absolute Gasteiger partial charge is 0.304 e. The van der Waals surface area contributed by atoms with Crippen LogP contribution in [0, 0.1) is 6.92 Å². The molecule has 1 unspecified atom stereocenters. The average molecular weight is 395 g/mol. The van der Waals surface area contributed by atoms with Gasteiger partial charge in [0, 0.05) is 43.6 Å². The maximum absolute atomic E-state index is 13.2. The maximum atomic E-state index is 13.2. The summed E-state index contributed by atoms with van der Waals surface area (Å²) in [6.45, 7) is 5.15. The van der Waals surface area contributed by atoms with Gasteiger partial charge < -0.3 is 4.90 Å². The van der Waals surface area contributed by atoms with Gasteiger partial charge in [0.05, 0.1) is 11.1 Å². The molecule has 2 aromatic heterocycles. The van der Waals surface area contributed by atoms with Crippen LogP contribution in [0.1, 0.15) is 41.4 Å². The fraction of sp³-hybridized carbons (Fsp3) is 0.579. The summed E-state index contributed by atoms with van der Waals surface area (Å²) in [5.41, 5.74) is 0.638. The lowest BCUT2D eigenvalue weighted by molar-refractivity contribution is -0.137. The summed E-state index contributed by atoms with van der Waals surface area (Å²) in [4.78, 5) is 21.9. The largest absolute Gasteiger partial charge is 0.416 e. The Morgan fingerprint density at radius 1 is 1.18 bits per heavy atom. The van der Waals surface area contributed by atoms with Gasteiger partial charge in [-0.25, -0.2) is 9.67 Å². The number of nitrogens with one attached hydrogen (secondary N) is 1. The highest BCUT2D eigenvalue weighted by molar-refractivity contribution is 5.35. The number of likely N-dealkylation sites (N-methyl/N-ethyl adjacent to an activating group) is 1. The predicted octanol–water partition coefficient (Wildman–Crippen LogP) is 2.51. The van der Waals surface area contributed by atoms with Gasteiger partial charge >= 0.3 is 6.18 Å². The van der Waals surface area contributed by atoms with Crippen molar-refractivity contribution in [2.75, 3.05) is 33.2 Å². The summed E-state index contributed by atoms with van der Waals surface area (Å²) in [6, 6.07) is 1.93. The molecule has 1 saturated heterocycles. The van der Waals surface area contributed by atoms with Gasteiger partial charge in [-0.1, -0.05) is 0 Å². The summed E-state index contributed by atoms with van der Waals surface area (Å²) < 4.78 is 40.8. The average Bonchev–Trinajstić information content (AvgIpc) is 2.98. The number of fused-ring (bicyclic) bond motifs is 1. The molecule has 1 atom stereocenters. The summed E-state index contributed by atoms with van der Waals surface area (Å²) in [6.07, 6.45) is -1.93. The van der Waals surface area contributed by atoms with Crippen molar-refractivity contribution in [2.24, 2.45) is 0 Å². The number of H-pyrrole nitrogens is 1. The highest BCUT2D eigenvalue weighted by Gasteiger charge is 2.34. The van der Waals surface area contributed by atoms with Gasteiger partial charge in [0.2, 0.25) is 0 Å². The minimum atomic E-state index is -4.49. The van der Waals surface area contributed by atoms with E-state index in [2.05, 4.69) is 26.9 Å². The normalized spacial score (nSPS) is 21.7. The first-order valence-electron chi connectivity index (χ1n) is 9.56. The Morgan fingerprint density at radius 2 is 1.89 bits per heavy atom. The Morgan fingerprint density at radius 3 is 2.57 bits per heavy atom. The Kier molecular flexibility index (Phi) is 4.83. The maximum Gasteiger partial charge on any atom is 0.416 e. The van der Waals surface area contributed by atoms with Crippen LogP contribution in [0.25, 0.3) is 5.82 Å². The van der Waals surface area contributed by atoms with E-state index in [4.69, 9.17) is 0 Å². The number of nitrogens with zero attached hydrogens (tertiary/aromatic N) is 4. The number of halogens is 3. The minimum Gasteiger partial charge on any atom is -0.304 e. The van der Waals surface area contributed by atoms with Crippen molar-refractivity contribution in [3.63, 3.8) is 0 Å². The number of piperazine rings is 1. The van der Waals surface area contributed by atoms with E-state index in [0.29, 0.717) is 5.56 Å². The van der Waals surface area contributed by atoms with Crippen molar-refractivity contribution in [1.29, 1.82) is 0 Å². The van der Waals surface area contributed by atoms with Crippen LogP contribution >= 0.6 is 0 Å². The minimum absolute atomic E-state index is 0.00865. The number of hydrogen-bond acceptors (Lipinski definition) is 4. The third kappa shape index (κ3) is 3.48. The molecule has 1 aliphatic carbocycles. The summed E-state index contributed by atoms with van der Waals surface area (Å²) in [5, 5.41) is 3.04. The van der Waals surface area contributed by atoms with Crippen molar-refractivity contribution in [3.05, 3.63) is 45.0 Å². The van der Waals surface area contributed by atoms with Crippen LogP contribution < -0.4 is 5.56 Å². The fourth-order valence-corrected chi connectivity index (χ4v) is 4.24. The second-order valence-electron chi connectivity index (χ2n) is 7.75. The number of aromatic amines is 1. The van der Waals surface area contributed by atoms with Gasteiger partial charge in [-0.15, -0.1) is 0 Å². The van der Waals surface area contributed by atoms with Crippen LogP contribution in [0.2, 0.25) is 0 Å². The van der Waals surface area contributed by atoms with Crippen LogP contribution in [0.3, 0.4) is 0 Å². The first kappa shape index (κ1) is 19.2. The van der Waals surface area contributed by atoms with Crippen LogP contribution in [-0.4, -0.2) is 57.8 Å². The zero-order chi connectivity index (χ0) is 20.1. The molecule has 0 spiro atoms. The second-order valence-corrected chi connectivity index (χ2v) is 7.75. The molecule has 28 heavy (non-hydrogen) atoms. The summed E-state index contributed by atoms with van der Waals surface area (Å²) in [7, 11) is 2.08. The van der Waals surface area contributed by atoms with Crippen molar-refractivity contribution in [1.82, 2.24) is 24.6 Å². The van der Waals surface area contributed by atoms with E-state index in [-0.39, 0.29) is 23.1 Å².